The van der Waals surface area contributed by atoms with Gasteiger partial charge in [-0.15, -0.1) is 0 Å². The lowest BCUT2D eigenvalue weighted by atomic mass is 10.0. The summed E-state index contributed by atoms with van der Waals surface area (Å²) in [5.74, 6) is 0.701. The average molecular weight is 399 g/mol. The fourth-order valence-corrected chi connectivity index (χ4v) is 4.02. The second-order valence-electron chi connectivity index (χ2n) is 7.52. The lowest BCUT2D eigenvalue weighted by Gasteiger charge is -2.28. The van der Waals surface area contributed by atoms with Crippen molar-refractivity contribution in [3.8, 4) is 0 Å². The number of carbonyl (C=O) groups is 2. The SMILES string of the molecule is O=C(c1ccc2ccccc2n1)N1CCCN(CC2CCCOC2)CC1.O=CO. The van der Waals surface area contributed by atoms with Crippen LogP contribution in [-0.2, 0) is 9.53 Å². The summed E-state index contributed by atoms with van der Waals surface area (Å²) in [6.45, 7) is 6.24. The van der Waals surface area contributed by atoms with Gasteiger partial charge >= 0.3 is 0 Å². The van der Waals surface area contributed by atoms with Crippen LogP contribution in [-0.4, -0.2) is 78.2 Å². The highest BCUT2D eigenvalue weighted by molar-refractivity contribution is 5.94. The lowest BCUT2D eigenvalue weighted by Crippen LogP contribution is -2.38. The van der Waals surface area contributed by atoms with Gasteiger partial charge in [-0.3, -0.25) is 9.59 Å². The molecule has 1 atom stereocenters. The predicted molar refractivity (Wildman–Crippen MR) is 111 cm³/mol. The summed E-state index contributed by atoms with van der Waals surface area (Å²) in [5, 5.41) is 7.96. The van der Waals surface area contributed by atoms with Crippen molar-refractivity contribution in [2.45, 2.75) is 19.3 Å². The van der Waals surface area contributed by atoms with E-state index >= 15 is 0 Å². The maximum atomic E-state index is 12.9. The van der Waals surface area contributed by atoms with Crippen molar-refractivity contribution >= 4 is 23.3 Å². The highest BCUT2D eigenvalue weighted by atomic mass is 16.5. The molecule has 4 rings (SSSR count). The van der Waals surface area contributed by atoms with Crippen LogP contribution in [0.25, 0.3) is 10.9 Å². The number of amides is 1. The van der Waals surface area contributed by atoms with E-state index in [0.717, 1.165) is 63.3 Å². The van der Waals surface area contributed by atoms with Gasteiger partial charge in [0.1, 0.15) is 5.69 Å². The molecule has 2 saturated heterocycles. The second-order valence-corrected chi connectivity index (χ2v) is 7.52. The Morgan fingerprint density at radius 1 is 1.14 bits per heavy atom. The third kappa shape index (κ3) is 5.98. The van der Waals surface area contributed by atoms with Gasteiger partial charge in [-0.05, 0) is 43.9 Å². The Bertz CT molecular complexity index is 807. The Morgan fingerprint density at radius 3 is 2.76 bits per heavy atom. The number of nitrogens with zero attached hydrogens (tertiary/aromatic N) is 3. The summed E-state index contributed by atoms with van der Waals surface area (Å²) in [7, 11) is 0. The van der Waals surface area contributed by atoms with Crippen LogP contribution in [0.4, 0.5) is 0 Å². The standard InChI is InChI=1S/C21H27N3O2.CH2O2/c25-21(20-9-8-18-6-1-2-7-19(18)22-20)24-11-4-10-23(12-13-24)15-17-5-3-14-26-16-17;2-1-3/h1-2,6-9,17H,3-5,10-16H2;1H,(H,2,3). The maximum Gasteiger partial charge on any atom is 0.290 e. The number of aromatic nitrogens is 1. The molecule has 1 aromatic carbocycles. The molecule has 29 heavy (non-hydrogen) atoms. The molecule has 2 fully saturated rings. The highest BCUT2D eigenvalue weighted by Crippen LogP contribution is 2.17. The fraction of sp³-hybridized carbons (Fsp3) is 0.500. The molecule has 1 amide bonds. The summed E-state index contributed by atoms with van der Waals surface area (Å²) < 4.78 is 5.61. The largest absolute Gasteiger partial charge is 0.483 e. The number of pyridine rings is 1. The Kier molecular flexibility index (Phi) is 7.95. The number of para-hydroxylation sites is 1. The van der Waals surface area contributed by atoms with Crippen molar-refractivity contribution in [3.05, 3.63) is 42.1 Å². The van der Waals surface area contributed by atoms with Crippen LogP contribution in [0.5, 0.6) is 0 Å². The molecule has 1 aromatic heterocycles. The Labute approximate surface area is 171 Å². The van der Waals surface area contributed by atoms with Crippen LogP contribution in [0.3, 0.4) is 0 Å². The van der Waals surface area contributed by atoms with E-state index in [2.05, 4.69) is 9.88 Å². The molecule has 1 unspecified atom stereocenters. The monoisotopic (exact) mass is 399 g/mol. The van der Waals surface area contributed by atoms with Crippen LogP contribution in [0.2, 0.25) is 0 Å². The maximum absolute atomic E-state index is 12.9. The second kappa shape index (κ2) is 10.9. The average Bonchev–Trinajstić information content (AvgIpc) is 3.00. The van der Waals surface area contributed by atoms with Crippen molar-refractivity contribution < 1.29 is 19.4 Å². The van der Waals surface area contributed by atoms with Gasteiger partial charge in [0.2, 0.25) is 0 Å². The Balaban J connectivity index is 0.000000755. The predicted octanol–water partition coefficient (Wildman–Crippen LogP) is 2.51. The first-order valence-electron chi connectivity index (χ1n) is 10.2. The Morgan fingerprint density at radius 2 is 1.97 bits per heavy atom. The fourth-order valence-electron chi connectivity index (χ4n) is 4.02. The van der Waals surface area contributed by atoms with Crippen LogP contribution >= 0.6 is 0 Å². The van der Waals surface area contributed by atoms with E-state index in [0.29, 0.717) is 11.6 Å². The zero-order chi connectivity index (χ0) is 20.5. The number of hydrogen-bond donors (Lipinski definition) is 1. The van der Waals surface area contributed by atoms with Crippen LogP contribution in [0.15, 0.2) is 36.4 Å². The molecule has 2 aromatic rings. The molecule has 3 heterocycles. The molecule has 0 spiro atoms. The zero-order valence-electron chi connectivity index (χ0n) is 16.7. The van der Waals surface area contributed by atoms with Crippen LogP contribution in [0.1, 0.15) is 29.8 Å². The van der Waals surface area contributed by atoms with Gasteiger partial charge in [-0.1, -0.05) is 24.3 Å². The topological polar surface area (TPSA) is 83.0 Å². The molecule has 7 nitrogen and oxygen atoms in total. The first kappa shape index (κ1) is 21.2. The minimum Gasteiger partial charge on any atom is -0.483 e. The van der Waals surface area contributed by atoms with Gasteiger partial charge in [0.25, 0.3) is 12.4 Å². The summed E-state index contributed by atoms with van der Waals surface area (Å²) in [6, 6.07) is 11.8. The molecule has 0 aliphatic carbocycles. The van der Waals surface area contributed by atoms with E-state index in [-0.39, 0.29) is 12.4 Å². The number of ether oxygens (including phenoxy) is 1. The van der Waals surface area contributed by atoms with E-state index in [1.54, 1.807) is 0 Å². The van der Waals surface area contributed by atoms with Gasteiger partial charge < -0.3 is 19.6 Å². The van der Waals surface area contributed by atoms with E-state index < -0.39 is 0 Å². The molecule has 0 saturated carbocycles. The third-order valence-electron chi connectivity index (χ3n) is 5.46. The van der Waals surface area contributed by atoms with Crippen molar-refractivity contribution in [2.24, 2.45) is 5.92 Å². The van der Waals surface area contributed by atoms with Crippen LogP contribution in [0, 0.1) is 5.92 Å². The van der Waals surface area contributed by atoms with E-state index in [1.807, 2.05) is 41.3 Å². The molecule has 0 radical (unpaired) electrons. The first-order chi connectivity index (χ1) is 14.2. The molecule has 7 heteroatoms. The van der Waals surface area contributed by atoms with Gasteiger partial charge in [0.05, 0.1) is 12.1 Å². The van der Waals surface area contributed by atoms with Gasteiger partial charge in [-0.25, -0.2) is 4.98 Å². The third-order valence-corrected chi connectivity index (χ3v) is 5.46. The smallest absolute Gasteiger partial charge is 0.290 e. The van der Waals surface area contributed by atoms with Gasteiger partial charge in [0.15, 0.2) is 0 Å². The van der Waals surface area contributed by atoms with Crippen molar-refractivity contribution in [3.63, 3.8) is 0 Å². The first-order valence-corrected chi connectivity index (χ1v) is 10.2. The van der Waals surface area contributed by atoms with Crippen LogP contribution < -0.4 is 0 Å². The summed E-state index contributed by atoms with van der Waals surface area (Å²) >= 11 is 0. The number of rotatable bonds is 3. The lowest BCUT2D eigenvalue weighted by molar-refractivity contribution is -0.122. The summed E-state index contributed by atoms with van der Waals surface area (Å²) in [5.41, 5.74) is 1.44. The van der Waals surface area contributed by atoms with Crippen molar-refractivity contribution in [2.75, 3.05) is 45.9 Å². The Hall–Kier alpha value is -2.51. The molecular formula is C22H29N3O4. The number of carboxylic acid groups (broad SMARTS) is 1. The van der Waals surface area contributed by atoms with Crippen molar-refractivity contribution in [1.82, 2.24) is 14.8 Å². The number of benzene rings is 1. The number of carbonyl (C=O) groups excluding carboxylic acids is 1. The summed E-state index contributed by atoms with van der Waals surface area (Å²) in [4.78, 5) is 30.3. The molecule has 1 N–H and O–H groups in total. The van der Waals surface area contributed by atoms with Gasteiger partial charge in [-0.2, -0.15) is 0 Å². The van der Waals surface area contributed by atoms with E-state index in [9.17, 15) is 4.79 Å². The molecule has 0 bridgehead atoms. The minimum atomic E-state index is -0.250. The molecule has 156 valence electrons. The zero-order valence-corrected chi connectivity index (χ0v) is 16.7. The van der Waals surface area contributed by atoms with E-state index in [1.165, 1.54) is 12.8 Å². The highest BCUT2D eigenvalue weighted by Gasteiger charge is 2.23. The molecular weight excluding hydrogens is 370 g/mol. The normalized spacial score (nSPS) is 20.4. The minimum absolute atomic E-state index is 0.0543. The summed E-state index contributed by atoms with van der Waals surface area (Å²) in [6.07, 6.45) is 3.46. The number of fused-ring (bicyclic) bond motifs is 1. The van der Waals surface area contributed by atoms with Crippen molar-refractivity contribution in [1.29, 1.82) is 0 Å². The molecule has 2 aliphatic heterocycles. The van der Waals surface area contributed by atoms with E-state index in [4.69, 9.17) is 14.6 Å². The molecule has 2 aliphatic rings. The number of hydrogen-bond acceptors (Lipinski definition) is 5. The van der Waals surface area contributed by atoms with Gasteiger partial charge in [0, 0.05) is 38.2 Å². The quantitative estimate of drug-likeness (QED) is 0.799.